The SMILES string of the molecule is Cc1ccccc1CN(CC(C)C)C(=O)c1cncn1C. The largest absolute Gasteiger partial charge is 0.333 e. The molecule has 0 bridgehead atoms. The van der Waals surface area contributed by atoms with Gasteiger partial charge < -0.3 is 9.47 Å². The van der Waals surface area contributed by atoms with E-state index in [1.807, 2.05) is 24.1 Å². The molecule has 4 nitrogen and oxygen atoms in total. The zero-order valence-electron chi connectivity index (χ0n) is 13.2. The van der Waals surface area contributed by atoms with E-state index in [9.17, 15) is 4.79 Å². The summed E-state index contributed by atoms with van der Waals surface area (Å²) in [5, 5.41) is 0. The summed E-state index contributed by atoms with van der Waals surface area (Å²) in [5.74, 6) is 0.457. The first kappa shape index (κ1) is 15.3. The van der Waals surface area contributed by atoms with Gasteiger partial charge in [0.2, 0.25) is 0 Å². The Kier molecular flexibility index (Phi) is 4.78. The molecule has 4 heteroatoms. The van der Waals surface area contributed by atoms with Gasteiger partial charge in [0.25, 0.3) is 5.91 Å². The third-order valence-corrected chi connectivity index (χ3v) is 3.53. The molecule has 0 radical (unpaired) electrons. The van der Waals surface area contributed by atoms with Gasteiger partial charge in [-0.15, -0.1) is 0 Å². The highest BCUT2D eigenvalue weighted by Gasteiger charge is 2.20. The minimum absolute atomic E-state index is 0.0342. The number of carbonyl (C=O) groups excluding carboxylic acids is 1. The summed E-state index contributed by atoms with van der Waals surface area (Å²) in [6.45, 7) is 7.70. The van der Waals surface area contributed by atoms with Gasteiger partial charge in [-0.2, -0.15) is 0 Å². The van der Waals surface area contributed by atoms with Crippen LogP contribution in [0.1, 0.15) is 35.5 Å². The van der Waals surface area contributed by atoms with Crippen LogP contribution in [0.4, 0.5) is 0 Å². The standard InChI is InChI=1S/C17H23N3O/c1-13(2)10-20(11-15-8-6-5-7-14(15)3)17(21)16-9-18-12-19(16)4/h5-9,12-13H,10-11H2,1-4H3. The summed E-state index contributed by atoms with van der Waals surface area (Å²) < 4.78 is 1.77. The number of nitrogens with zero attached hydrogens (tertiary/aromatic N) is 3. The Labute approximate surface area is 126 Å². The minimum Gasteiger partial charge on any atom is -0.333 e. The molecular weight excluding hydrogens is 262 g/mol. The number of hydrogen-bond acceptors (Lipinski definition) is 2. The van der Waals surface area contributed by atoms with Crippen molar-refractivity contribution in [1.29, 1.82) is 0 Å². The number of carbonyl (C=O) groups is 1. The molecule has 0 fully saturated rings. The van der Waals surface area contributed by atoms with Crippen molar-refractivity contribution < 1.29 is 4.79 Å². The van der Waals surface area contributed by atoms with E-state index in [-0.39, 0.29) is 5.91 Å². The topological polar surface area (TPSA) is 38.1 Å². The third-order valence-electron chi connectivity index (χ3n) is 3.53. The van der Waals surface area contributed by atoms with Crippen LogP contribution in [0, 0.1) is 12.8 Å². The minimum atomic E-state index is 0.0342. The van der Waals surface area contributed by atoms with E-state index in [4.69, 9.17) is 0 Å². The Balaban J connectivity index is 2.25. The number of rotatable bonds is 5. The van der Waals surface area contributed by atoms with Crippen molar-refractivity contribution in [3.8, 4) is 0 Å². The molecule has 21 heavy (non-hydrogen) atoms. The molecule has 0 N–H and O–H groups in total. The number of imidazole rings is 1. The van der Waals surface area contributed by atoms with E-state index < -0.39 is 0 Å². The van der Waals surface area contributed by atoms with E-state index >= 15 is 0 Å². The molecule has 0 atom stereocenters. The van der Waals surface area contributed by atoms with Gasteiger partial charge >= 0.3 is 0 Å². The van der Waals surface area contributed by atoms with E-state index in [1.54, 1.807) is 17.1 Å². The normalized spacial score (nSPS) is 10.9. The van der Waals surface area contributed by atoms with E-state index in [0.29, 0.717) is 18.2 Å². The summed E-state index contributed by atoms with van der Waals surface area (Å²) in [7, 11) is 1.85. The van der Waals surface area contributed by atoms with E-state index in [0.717, 1.165) is 6.54 Å². The Morgan fingerprint density at radius 2 is 2.05 bits per heavy atom. The Hall–Kier alpha value is -2.10. The van der Waals surface area contributed by atoms with Crippen molar-refractivity contribution in [3.63, 3.8) is 0 Å². The average Bonchev–Trinajstić information content (AvgIpc) is 2.85. The molecule has 2 rings (SSSR count). The van der Waals surface area contributed by atoms with Crippen LogP contribution < -0.4 is 0 Å². The molecule has 1 amide bonds. The van der Waals surface area contributed by atoms with Crippen molar-refractivity contribution in [3.05, 3.63) is 53.6 Å². The van der Waals surface area contributed by atoms with Crippen molar-refractivity contribution in [2.75, 3.05) is 6.54 Å². The fourth-order valence-corrected chi connectivity index (χ4v) is 2.38. The van der Waals surface area contributed by atoms with Crippen molar-refractivity contribution in [2.24, 2.45) is 13.0 Å². The first-order valence-corrected chi connectivity index (χ1v) is 7.29. The number of amides is 1. The Morgan fingerprint density at radius 3 is 2.62 bits per heavy atom. The van der Waals surface area contributed by atoms with Gasteiger partial charge in [-0.05, 0) is 24.0 Å². The first-order valence-electron chi connectivity index (χ1n) is 7.29. The van der Waals surface area contributed by atoms with Crippen LogP contribution in [0.15, 0.2) is 36.8 Å². The lowest BCUT2D eigenvalue weighted by Crippen LogP contribution is -2.35. The second-order valence-electron chi connectivity index (χ2n) is 5.90. The molecule has 0 aliphatic heterocycles. The lowest BCUT2D eigenvalue weighted by molar-refractivity contribution is 0.0712. The molecule has 0 aliphatic rings. The summed E-state index contributed by atoms with van der Waals surface area (Å²) in [6.07, 6.45) is 3.29. The molecule has 112 valence electrons. The van der Waals surface area contributed by atoms with Crippen molar-refractivity contribution >= 4 is 5.91 Å². The maximum absolute atomic E-state index is 12.7. The first-order chi connectivity index (χ1) is 9.99. The fraction of sp³-hybridized carbons (Fsp3) is 0.412. The van der Waals surface area contributed by atoms with Crippen LogP contribution >= 0.6 is 0 Å². The van der Waals surface area contributed by atoms with Gasteiger partial charge in [-0.1, -0.05) is 38.1 Å². The number of hydrogen-bond donors (Lipinski definition) is 0. The Bertz CT molecular complexity index is 616. The van der Waals surface area contributed by atoms with Crippen molar-refractivity contribution in [1.82, 2.24) is 14.5 Å². The summed E-state index contributed by atoms with van der Waals surface area (Å²) in [4.78, 5) is 18.7. The molecule has 1 aromatic carbocycles. The van der Waals surface area contributed by atoms with E-state index in [1.165, 1.54) is 11.1 Å². The zero-order chi connectivity index (χ0) is 15.4. The molecule has 1 aromatic heterocycles. The highest BCUT2D eigenvalue weighted by molar-refractivity contribution is 5.92. The van der Waals surface area contributed by atoms with Gasteiger partial charge in [0, 0.05) is 20.1 Å². The maximum Gasteiger partial charge on any atom is 0.272 e. The molecule has 2 aromatic rings. The molecule has 0 aliphatic carbocycles. The second kappa shape index (κ2) is 6.57. The van der Waals surface area contributed by atoms with E-state index in [2.05, 4.69) is 37.9 Å². The van der Waals surface area contributed by atoms with Gasteiger partial charge in [0.05, 0.1) is 12.5 Å². The highest BCUT2D eigenvalue weighted by Crippen LogP contribution is 2.14. The predicted octanol–water partition coefficient (Wildman–Crippen LogP) is 3.03. The number of benzene rings is 1. The van der Waals surface area contributed by atoms with Gasteiger partial charge in [0.1, 0.15) is 5.69 Å². The second-order valence-corrected chi connectivity index (χ2v) is 5.90. The lowest BCUT2D eigenvalue weighted by Gasteiger charge is -2.25. The van der Waals surface area contributed by atoms with Crippen LogP contribution in [0.2, 0.25) is 0 Å². The predicted molar refractivity (Wildman–Crippen MR) is 84.0 cm³/mol. The van der Waals surface area contributed by atoms with Crippen molar-refractivity contribution in [2.45, 2.75) is 27.3 Å². The molecule has 0 saturated carbocycles. The number of aryl methyl sites for hydroxylation is 2. The van der Waals surface area contributed by atoms with Gasteiger partial charge in [-0.3, -0.25) is 4.79 Å². The monoisotopic (exact) mass is 285 g/mol. The maximum atomic E-state index is 12.7. The highest BCUT2D eigenvalue weighted by atomic mass is 16.2. The quantitative estimate of drug-likeness (QED) is 0.847. The molecule has 0 saturated heterocycles. The fourth-order valence-electron chi connectivity index (χ4n) is 2.38. The van der Waals surface area contributed by atoms with Crippen LogP contribution in [-0.2, 0) is 13.6 Å². The lowest BCUT2D eigenvalue weighted by atomic mass is 10.1. The number of aromatic nitrogens is 2. The summed E-state index contributed by atoms with van der Waals surface area (Å²) >= 11 is 0. The average molecular weight is 285 g/mol. The summed E-state index contributed by atoms with van der Waals surface area (Å²) in [6, 6.07) is 8.20. The third kappa shape index (κ3) is 3.72. The smallest absolute Gasteiger partial charge is 0.272 e. The summed E-state index contributed by atoms with van der Waals surface area (Å²) in [5.41, 5.74) is 3.03. The zero-order valence-corrected chi connectivity index (χ0v) is 13.2. The van der Waals surface area contributed by atoms with Crippen LogP contribution in [0.5, 0.6) is 0 Å². The van der Waals surface area contributed by atoms with Gasteiger partial charge in [0.15, 0.2) is 0 Å². The molecule has 0 spiro atoms. The molecule has 0 unspecified atom stereocenters. The van der Waals surface area contributed by atoms with Gasteiger partial charge in [-0.25, -0.2) is 4.98 Å². The van der Waals surface area contributed by atoms with Crippen LogP contribution in [0.3, 0.4) is 0 Å². The van der Waals surface area contributed by atoms with Crippen LogP contribution in [-0.4, -0.2) is 26.9 Å². The van der Waals surface area contributed by atoms with Crippen LogP contribution in [0.25, 0.3) is 0 Å². The molecule has 1 heterocycles. The molecular formula is C17H23N3O. The Morgan fingerprint density at radius 1 is 1.33 bits per heavy atom.